The van der Waals surface area contributed by atoms with Gasteiger partial charge in [-0.25, -0.2) is 4.68 Å². The molecule has 7 nitrogen and oxygen atoms in total. The summed E-state index contributed by atoms with van der Waals surface area (Å²) in [6.45, 7) is 13.1. The molecule has 0 unspecified atom stereocenters. The molecule has 1 aromatic heterocycles. The minimum atomic E-state index is -0.368. The molecule has 228 valence electrons. The monoisotopic (exact) mass is 642 g/mol. The second-order valence-corrected chi connectivity index (χ2v) is 13.0. The summed E-state index contributed by atoms with van der Waals surface area (Å²) in [5, 5.41) is 9.80. The van der Waals surface area contributed by atoms with Gasteiger partial charge in [0.2, 0.25) is 0 Å². The Kier molecular flexibility index (Phi) is 9.90. The minimum Gasteiger partial charge on any atom is -0.483 e. The molecule has 0 bridgehead atoms. The molecule has 0 aliphatic heterocycles. The third-order valence-electron chi connectivity index (χ3n) is 7.97. The SMILES string of the molecule is CCC(C)(C)c1ccc(OCC(=O)Nc2cccc(Nc3cc(=O)n(-c4c(Cl)cc(Cl)cc4Cl)[nH]3)c2)c(C(C)(C)CC)c1. The molecule has 0 aliphatic carbocycles. The summed E-state index contributed by atoms with van der Waals surface area (Å²) in [6.07, 6.45) is 1.95. The van der Waals surface area contributed by atoms with Crippen LogP contribution in [0.3, 0.4) is 0 Å². The van der Waals surface area contributed by atoms with Gasteiger partial charge in [-0.15, -0.1) is 0 Å². The van der Waals surface area contributed by atoms with Crippen LogP contribution in [0.15, 0.2) is 65.5 Å². The molecule has 3 N–H and O–H groups in total. The van der Waals surface area contributed by atoms with Gasteiger partial charge < -0.3 is 15.4 Å². The number of benzene rings is 3. The molecule has 1 heterocycles. The molecular weight excluding hydrogens is 607 g/mol. The summed E-state index contributed by atoms with van der Waals surface area (Å²) in [7, 11) is 0. The Hall–Kier alpha value is -3.39. The molecule has 43 heavy (non-hydrogen) atoms. The largest absolute Gasteiger partial charge is 0.483 e. The zero-order chi connectivity index (χ0) is 31.5. The molecule has 0 saturated carbocycles. The van der Waals surface area contributed by atoms with Gasteiger partial charge in [-0.3, -0.25) is 14.7 Å². The predicted molar refractivity (Wildman–Crippen MR) is 178 cm³/mol. The fraction of sp³-hybridized carbons (Fsp3) is 0.333. The van der Waals surface area contributed by atoms with Crippen molar-refractivity contribution in [2.45, 2.75) is 65.2 Å². The number of amides is 1. The van der Waals surface area contributed by atoms with Crippen molar-refractivity contribution >= 4 is 57.9 Å². The Bertz CT molecular complexity index is 1670. The van der Waals surface area contributed by atoms with Crippen molar-refractivity contribution in [2.75, 3.05) is 17.2 Å². The van der Waals surface area contributed by atoms with Gasteiger partial charge in [0.05, 0.1) is 10.0 Å². The van der Waals surface area contributed by atoms with Crippen molar-refractivity contribution in [1.82, 2.24) is 9.78 Å². The van der Waals surface area contributed by atoms with Crippen LogP contribution in [-0.2, 0) is 15.6 Å². The quantitative estimate of drug-likeness (QED) is 0.152. The summed E-state index contributed by atoms with van der Waals surface area (Å²) in [5.41, 5.74) is 3.40. The Morgan fingerprint density at radius 3 is 2.19 bits per heavy atom. The molecule has 0 aliphatic rings. The van der Waals surface area contributed by atoms with E-state index in [-0.39, 0.29) is 38.9 Å². The van der Waals surface area contributed by atoms with Crippen LogP contribution < -0.4 is 20.9 Å². The number of rotatable bonds is 11. The smallest absolute Gasteiger partial charge is 0.273 e. The Morgan fingerprint density at radius 1 is 0.884 bits per heavy atom. The van der Waals surface area contributed by atoms with Crippen molar-refractivity contribution in [3.05, 3.63) is 97.2 Å². The predicted octanol–water partition coefficient (Wildman–Crippen LogP) is 9.26. The van der Waals surface area contributed by atoms with E-state index in [1.807, 2.05) is 12.1 Å². The fourth-order valence-corrected chi connectivity index (χ4v) is 5.53. The summed E-state index contributed by atoms with van der Waals surface area (Å²) < 4.78 is 7.30. The maximum atomic E-state index is 12.9. The maximum Gasteiger partial charge on any atom is 0.273 e. The standard InChI is InChI=1S/C33H37Cl3N4O3/c1-7-32(3,4)20-12-13-27(24(14-20)33(5,6)8-2)43-19-29(41)38-23-11-9-10-22(17-23)37-28-18-30(42)40(39-28)31-25(35)15-21(34)16-26(31)36/h9-18,37,39H,7-8,19H2,1-6H3,(H,38,41). The minimum absolute atomic E-state index is 0.0408. The van der Waals surface area contributed by atoms with Gasteiger partial charge >= 0.3 is 0 Å². The average Bonchev–Trinajstić information content (AvgIpc) is 3.30. The zero-order valence-corrected chi connectivity index (χ0v) is 27.5. The van der Waals surface area contributed by atoms with Gasteiger partial charge in [-0.2, -0.15) is 0 Å². The van der Waals surface area contributed by atoms with E-state index in [4.69, 9.17) is 39.5 Å². The lowest BCUT2D eigenvalue weighted by molar-refractivity contribution is -0.118. The summed E-state index contributed by atoms with van der Waals surface area (Å²) in [5.74, 6) is 0.823. The molecule has 10 heteroatoms. The van der Waals surface area contributed by atoms with E-state index in [1.54, 1.807) is 18.2 Å². The Morgan fingerprint density at radius 2 is 1.53 bits per heavy atom. The number of aromatic nitrogens is 2. The van der Waals surface area contributed by atoms with Gasteiger partial charge in [0.15, 0.2) is 6.61 Å². The number of hydrogen-bond donors (Lipinski definition) is 3. The van der Waals surface area contributed by atoms with E-state index in [0.29, 0.717) is 33.7 Å². The molecule has 0 saturated heterocycles. The van der Waals surface area contributed by atoms with Crippen LogP contribution in [0.25, 0.3) is 5.69 Å². The van der Waals surface area contributed by atoms with Crippen LogP contribution in [0.5, 0.6) is 5.75 Å². The lowest BCUT2D eigenvalue weighted by Crippen LogP contribution is -2.24. The number of hydrogen-bond acceptors (Lipinski definition) is 4. The summed E-state index contributed by atoms with van der Waals surface area (Å²) in [6, 6.07) is 17.8. The molecule has 4 aromatic rings. The highest BCUT2D eigenvalue weighted by atomic mass is 35.5. The number of ether oxygens (including phenoxy) is 1. The first-order valence-corrected chi connectivity index (χ1v) is 15.3. The van der Waals surface area contributed by atoms with Crippen LogP contribution in [-0.4, -0.2) is 22.3 Å². The summed E-state index contributed by atoms with van der Waals surface area (Å²) >= 11 is 18.6. The number of aromatic amines is 1. The molecule has 3 aromatic carbocycles. The van der Waals surface area contributed by atoms with E-state index in [1.165, 1.54) is 28.4 Å². The maximum absolute atomic E-state index is 12.9. The van der Waals surface area contributed by atoms with E-state index in [2.05, 4.69) is 69.4 Å². The average molecular weight is 644 g/mol. The van der Waals surface area contributed by atoms with Crippen molar-refractivity contribution in [1.29, 1.82) is 0 Å². The third-order valence-corrected chi connectivity index (χ3v) is 8.76. The van der Waals surface area contributed by atoms with E-state index >= 15 is 0 Å². The number of carbonyl (C=O) groups is 1. The van der Waals surface area contributed by atoms with Crippen molar-refractivity contribution in [3.8, 4) is 11.4 Å². The van der Waals surface area contributed by atoms with Crippen LogP contribution in [0.1, 0.15) is 65.5 Å². The molecule has 4 rings (SSSR count). The van der Waals surface area contributed by atoms with Gasteiger partial charge in [0, 0.05) is 28.0 Å². The van der Waals surface area contributed by atoms with Gasteiger partial charge in [0.1, 0.15) is 17.3 Å². The van der Waals surface area contributed by atoms with Gasteiger partial charge in [-0.05, 0) is 65.6 Å². The topological polar surface area (TPSA) is 88.2 Å². The zero-order valence-electron chi connectivity index (χ0n) is 25.2. The third kappa shape index (κ3) is 7.58. The molecule has 0 atom stereocenters. The van der Waals surface area contributed by atoms with Gasteiger partial charge in [-0.1, -0.05) is 94.5 Å². The first-order valence-electron chi connectivity index (χ1n) is 14.2. The molecule has 0 spiro atoms. The number of halogens is 3. The normalized spacial score (nSPS) is 11.8. The van der Waals surface area contributed by atoms with E-state index in [0.717, 1.165) is 18.4 Å². The highest BCUT2D eigenvalue weighted by molar-refractivity contribution is 6.40. The lowest BCUT2D eigenvalue weighted by Gasteiger charge is -2.30. The van der Waals surface area contributed by atoms with Crippen LogP contribution >= 0.6 is 34.8 Å². The molecular formula is C33H37Cl3N4O3. The highest BCUT2D eigenvalue weighted by Crippen LogP contribution is 2.38. The second kappa shape index (κ2) is 13.1. The second-order valence-electron chi connectivity index (χ2n) is 11.8. The summed E-state index contributed by atoms with van der Waals surface area (Å²) in [4.78, 5) is 25.6. The van der Waals surface area contributed by atoms with Crippen LogP contribution in [0.4, 0.5) is 17.2 Å². The highest BCUT2D eigenvalue weighted by Gasteiger charge is 2.27. The number of nitrogens with one attached hydrogen (secondary N) is 3. The van der Waals surface area contributed by atoms with Crippen molar-refractivity contribution < 1.29 is 9.53 Å². The number of anilines is 3. The van der Waals surface area contributed by atoms with Crippen LogP contribution in [0, 0.1) is 0 Å². The Labute approximate surface area is 267 Å². The first kappa shape index (κ1) is 32.5. The number of carbonyl (C=O) groups excluding carboxylic acids is 1. The van der Waals surface area contributed by atoms with Crippen molar-refractivity contribution in [2.24, 2.45) is 0 Å². The molecule has 0 fully saturated rings. The number of H-pyrrole nitrogens is 1. The van der Waals surface area contributed by atoms with E-state index < -0.39 is 0 Å². The van der Waals surface area contributed by atoms with E-state index in [9.17, 15) is 9.59 Å². The number of nitrogens with zero attached hydrogens (tertiary/aromatic N) is 1. The van der Waals surface area contributed by atoms with Crippen molar-refractivity contribution in [3.63, 3.8) is 0 Å². The van der Waals surface area contributed by atoms with Crippen LogP contribution in [0.2, 0.25) is 15.1 Å². The molecule has 0 radical (unpaired) electrons. The Balaban J connectivity index is 1.46. The molecule has 1 amide bonds. The first-order chi connectivity index (χ1) is 20.2. The fourth-order valence-electron chi connectivity index (χ4n) is 4.55. The van der Waals surface area contributed by atoms with Gasteiger partial charge in [0.25, 0.3) is 11.5 Å². The lowest BCUT2D eigenvalue weighted by atomic mass is 9.76.